The molecule has 0 amide bonds. The topological polar surface area (TPSA) is 3.24 Å². The molecule has 1 aromatic heterocycles. The lowest BCUT2D eigenvalue weighted by atomic mass is 9.87. The van der Waals surface area contributed by atoms with Crippen LogP contribution in [-0.2, 0) is 0 Å². The molecule has 0 aliphatic heterocycles. The molecule has 0 aliphatic carbocycles. The minimum atomic E-state index is 1.08. The minimum Gasteiger partial charge on any atom is -0.310 e. The van der Waals surface area contributed by atoms with Crippen molar-refractivity contribution in [3.8, 4) is 66.8 Å². The molecular weight excluding hydrogens is 767 g/mol. The third-order valence-corrected chi connectivity index (χ3v) is 13.1. The van der Waals surface area contributed by atoms with Crippen LogP contribution in [0.25, 0.3) is 86.9 Å². The number of nitrogens with zero attached hydrogens (tertiary/aromatic N) is 1. The fraction of sp³-hybridized carbons (Fsp3) is 0. The van der Waals surface area contributed by atoms with Crippen LogP contribution in [0.1, 0.15) is 0 Å². The van der Waals surface area contributed by atoms with E-state index in [2.05, 4.69) is 254 Å². The number of anilines is 3. The molecule has 2 heteroatoms. The molecule has 0 aliphatic rings. The molecule has 0 spiro atoms. The second-order valence-electron chi connectivity index (χ2n) is 15.6. The smallest absolute Gasteiger partial charge is 0.0546 e. The molecule has 62 heavy (non-hydrogen) atoms. The molecule has 292 valence electrons. The van der Waals surface area contributed by atoms with Gasteiger partial charge in [-0.15, -0.1) is 11.3 Å². The fourth-order valence-electron chi connectivity index (χ4n) is 8.94. The first-order valence-electron chi connectivity index (χ1n) is 21.2. The van der Waals surface area contributed by atoms with E-state index in [0.29, 0.717) is 0 Å². The highest BCUT2D eigenvalue weighted by Gasteiger charge is 2.23. The summed E-state index contributed by atoms with van der Waals surface area (Å²) in [7, 11) is 0. The Bertz CT molecular complexity index is 3310. The molecule has 0 saturated heterocycles. The summed E-state index contributed by atoms with van der Waals surface area (Å²) in [6.07, 6.45) is 0. The zero-order valence-electron chi connectivity index (χ0n) is 34.0. The van der Waals surface area contributed by atoms with Gasteiger partial charge in [0.25, 0.3) is 0 Å². The van der Waals surface area contributed by atoms with E-state index in [1.54, 1.807) is 0 Å². The largest absolute Gasteiger partial charge is 0.310 e. The molecule has 10 aromatic carbocycles. The van der Waals surface area contributed by atoms with Crippen molar-refractivity contribution in [1.29, 1.82) is 0 Å². The number of hydrogen-bond acceptors (Lipinski definition) is 2. The number of fused-ring (bicyclic) bond motifs is 3. The van der Waals surface area contributed by atoms with Crippen LogP contribution in [0.2, 0.25) is 0 Å². The maximum atomic E-state index is 2.46. The van der Waals surface area contributed by atoms with E-state index in [9.17, 15) is 0 Å². The Hall–Kier alpha value is -7.78. The van der Waals surface area contributed by atoms with Gasteiger partial charge in [0.1, 0.15) is 0 Å². The summed E-state index contributed by atoms with van der Waals surface area (Å²) in [5.74, 6) is 0. The van der Waals surface area contributed by atoms with E-state index in [1.165, 1.54) is 86.9 Å². The second-order valence-corrected chi connectivity index (χ2v) is 16.7. The van der Waals surface area contributed by atoms with Gasteiger partial charge in [0, 0.05) is 37.1 Å². The van der Waals surface area contributed by atoms with Gasteiger partial charge in [-0.2, -0.15) is 0 Å². The van der Waals surface area contributed by atoms with Gasteiger partial charge in [0.15, 0.2) is 0 Å². The molecule has 11 rings (SSSR count). The van der Waals surface area contributed by atoms with Gasteiger partial charge in [-0.3, -0.25) is 0 Å². The molecule has 0 unspecified atom stereocenters. The lowest BCUT2D eigenvalue weighted by Gasteiger charge is -2.30. The highest BCUT2D eigenvalue weighted by Crippen LogP contribution is 2.49. The van der Waals surface area contributed by atoms with Crippen LogP contribution in [0.3, 0.4) is 0 Å². The van der Waals surface area contributed by atoms with E-state index in [4.69, 9.17) is 0 Å². The monoisotopic (exact) mass is 807 g/mol. The Labute approximate surface area is 367 Å². The van der Waals surface area contributed by atoms with E-state index >= 15 is 0 Å². The van der Waals surface area contributed by atoms with Crippen molar-refractivity contribution in [3.63, 3.8) is 0 Å². The maximum Gasteiger partial charge on any atom is 0.0546 e. The highest BCUT2D eigenvalue weighted by atomic mass is 32.1. The van der Waals surface area contributed by atoms with Crippen LogP contribution in [0.15, 0.2) is 249 Å². The van der Waals surface area contributed by atoms with Crippen molar-refractivity contribution < 1.29 is 0 Å². The molecule has 0 bridgehead atoms. The van der Waals surface area contributed by atoms with Crippen LogP contribution in [0.4, 0.5) is 17.1 Å². The molecule has 0 atom stereocenters. The molecule has 0 radical (unpaired) electrons. The Morgan fingerprint density at radius 1 is 0.274 bits per heavy atom. The first-order chi connectivity index (χ1) is 30.8. The molecule has 1 heterocycles. The Kier molecular flexibility index (Phi) is 9.82. The molecule has 1 nitrogen and oxygen atoms in total. The first kappa shape index (κ1) is 37.2. The predicted octanol–water partition coefficient (Wildman–Crippen LogP) is 17.5. The van der Waals surface area contributed by atoms with Gasteiger partial charge in [0.05, 0.1) is 5.69 Å². The van der Waals surface area contributed by atoms with Gasteiger partial charge in [-0.05, 0) is 97.6 Å². The standard InChI is InChI=1S/C60H41NS/c1-4-17-42(18-5-1)43-33-35-44(36-34-43)45-37-39-49(40-38-45)61(50-24-14-23-48(41-50)53-29-15-30-56-54-26-12-13-32-58(54)62-60(53)56)57-31-16-28-52(47-21-8-3-9-22-47)59(57)55-27-11-10-25-51(55)46-19-6-2-7-20-46/h1-41H. The fourth-order valence-corrected chi connectivity index (χ4v) is 10.2. The number of thiophene rings is 1. The zero-order chi connectivity index (χ0) is 41.2. The average molecular weight is 808 g/mol. The summed E-state index contributed by atoms with van der Waals surface area (Å²) in [4.78, 5) is 2.46. The molecular formula is C60H41NS. The summed E-state index contributed by atoms with van der Waals surface area (Å²) in [6.45, 7) is 0. The van der Waals surface area contributed by atoms with Crippen LogP contribution in [-0.4, -0.2) is 0 Å². The third kappa shape index (κ3) is 6.97. The van der Waals surface area contributed by atoms with Crippen molar-refractivity contribution >= 4 is 48.6 Å². The Balaban J connectivity index is 1.12. The summed E-state index contributed by atoms with van der Waals surface area (Å²) < 4.78 is 2.62. The van der Waals surface area contributed by atoms with E-state index in [0.717, 1.165) is 17.1 Å². The van der Waals surface area contributed by atoms with Crippen molar-refractivity contribution in [3.05, 3.63) is 249 Å². The lowest BCUT2D eigenvalue weighted by Crippen LogP contribution is -2.12. The normalized spacial score (nSPS) is 11.2. The van der Waals surface area contributed by atoms with Crippen molar-refractivity contribution in [2.75, 3.05) is 4.90 Å². The van der Waals surface area contributed by atoms with Crippen LogP contribution >= 0.6 is 11.3 Å². The maximum absolute atomic E-state index is 2.46. The highest BCUT2D eigenvalue weighted by molar-refractivity contribution is 7.26. The molecule has 0 fully saturated rings. The van der Waals surface area contributed by atoms with E-state index < -0.39 is 0 Å². The van der Waals surface area contributed by atoms with Gasteiger partial charge in [-0.25, -0.2) is 0 Å². The van der Waals surface area contributed by atoms with Crippen LogP contribution in [0, 0.1) is 0 Å². The summed E-state index contributed by atoms with van der Waals surface area (Å²) in [6, 6.07) is 90.4. The lowest BCUT2D eigenvalue weighted by molar-refractivity contribution is 1.28. The summed E-state index contributed by atoms with van der Waals surface area (Å²) in [5, 5.41) is 2.61. The predicted molar refractivity (Wildman–Crippen MR) is 267 cm³/mol. The van der Waals surface area contributed by atoms with Crippen molar-refractivity contribution in [2.24, 2.45) is 0 Å². The average Bonchev–Trinajstić information content (AvgIpc) is 3.74. The number of benzene rings is 10. The molecule has 11 aromatic rings. The van der Waals surface area contributed by atoms with Crippen LogP contribution < -0.4 is 4.90 Å². The molecule has 0 N–H and O–H groups in total. The number of rotatable bonds is 9. The number of hydrogen-bond donors (Lipinski definition) is 0. The van der Waals surface area contributed by atoms with Gasteiger partial charge < -0.3 is 4.90 Å². The van der Waals surface area contributed by atoms with E-state index in [1.807, 2.05) is 11.3 Å². The second kappa shape index (κ2) is 16.3. The van der Waals surface area contributed by atoms with Gasteiger partial charge in [0.2, 0.25) is 0 Å². The third-order valence-electron chi connectivity index (χ3n) is 11.9. The minimum absolute atomic E-state index is 1.08. The first-order valence-corrected chi connectivity index (χ1v) is 22.0. The van der Waals surface area contributed by atoms with Gasteiger partial charge in [-0.1, -0.05) is 212 Å². The van der Waals surface area contributed by atoms with Crippen LogP contribution in [0.5, 0.6) is 0 Å². The zero-order valence-corrected chi connectivity index (χ0v) is 34.8. The van der Waals surface area contributed by atoms with Gasteiger partial charge >= 0.3 is 0 Å². The summed E-state index contributed by atoms with van der Waals surface area (Å²) in [5.41, 5.74) is 17.6. The quantitative estimate of drug-likeness (QED) is 0.140. The SMILES string of the molecule is c1ccc(-c2ccc(-c3ccc(N(c4cccc(-c5cccc6c5sc5ccccc56)c4)c4cccc(-c5ccccc5)c4-c4ccccc4-c4ccccc4)cc3)cc2)cc1. The van der Waals surface area contributed by atoms with Crippen molar-refractivity contribution in [2.45, 2.75) is 0 Å². The Morgan fingerprint density at radius 3 is 1.44 bits per heavy atom. The Morgan fingerprint density at radius 2 is 0.742 bits per heavy atom. The molecule has 0 saturated carbocycles. The van der Waals surface area contributed by atoms with E-state index in [-0.39, 0.29) is 0 Å². The van der Waals surface area contributed by atoms with Crippen molar-refractivity contribution in [1.82, 2.24) is 0 Å². The summed E-state index contributed by atoms with van der Waals surface area (Å²) >= 11 is 1.87.